The standard InChI is InChI=1S/C18H20N4O2S/c1-9-7-10(2)16-14(8-9)25-18(22-16)21-15(23)6-5-13-11(3)19-12(4)20-17(13)24/h7-8H,5-6H2,1-4H3,(H,19,20,24)(H,21,22,23). The number of hydrogen-bond donors (Lipinski definition) is 2. The summed E-state index contributed by atoms with van der Waals surface area (Å²) in [6.45, 7) is 7.58. The summed E-state index contributed by atoms with van der Waals surface area (Å²) in [7, 11) is 0. The summed E-state index contributed by atoms with van der Waals surface area (Å²) in [6, 6.07) is 4.14. The maximum Gasteiger partial charge on any atom is 0.254 e. The number of rotatable bonds is 4. The van der Waals surface area contributed by atoms with Crippen molar-refractivity contribution in [2.75, 3.05) is 5.32 Å². The first-order valence-electron chi connectivity index (χ1n) is 8.07. The molecule has 2 heterocycles. The van der Waals surface area contributed by atoms with Gasteiger partial charge >= 0.3 is 0 Å². The van der Waals surface area contributed by atoms with Crippen LogP contribution in [0.25, 0.3) is 10.2 Å². The van der Waals surface area contributed by atoms with Crippen LogP contribution in [0.5, 0.6) is 0 Å². The number of nitrogens with one attached hydrogen (secondary N) is 2. The highest BCUT2D eigenvalue weighted by Crippen LogP contribution is 2.29. The van der Waals surface area contributed by atoms with Gasteiger partial charge in [-0.25, -0.2) is 9.97 Å². The SMILES string of the molecule is Cc1cc(C)c2nc(NC(=O)CCc3c(C)nc(C)[nH]c3=O)sc2c1. The molecule has 0 saturated carbocycles. The van der Waals surface area contributed by atoms with Gasteiger partial charge in [-0.2, -0.15) is 0 Å². The summed E-state index contributed by atoms with van der Waals surface area (Å²) in [5, 5.41) is 3.42. The van der Waals surface area contributed by atoms with E-state index >= 15 is 0 Å². The zero-order valence-corrected chi connectivity index (χ0v) is 15.5. The molecule has 0 radical (unpaired) electrons. The number of hydrogen-bond acceptors (Lipinski definition) is 5. The van der Waals surface area contributed by atoms with Gasteiger partial charge in [0.25, 0.3) is 5.56 Å². The molecule has 2 aromatic heterocycles. The molecule has 7 heteroatoms. The van der Waals surface area contributed by atoms with E-state index in [9.17, 15) is 9.59 Å². The van der Waals surface area contributed by atoms with E-state index in [1.807, 2.05) is 13.8 Å². The van der Waals surface area contributed by atoms with Gasteiger partial charge in [-0.15, -0.1) is 0 Å². The summed E-state index contributed by atoms with van der Waals surface area (Å²) in [5.41, 5.74) is 4.23. The van der Waals surface area contributed by atoms with Crippen molar-refractivity contribution < 1.29 is 4.79 Å². The highest BCUT2D eigenvalue weighted by molar-refractivity contribution is 7.22. The molecule has 3 aromatic rings. The average molecular weight is 356 g/mol. The molecule has 25 heavy (non-hydrogen) atoms. The largest absolute Gasteiger partial charge is 0.311 e. The fourth-order valence-corrected chi connectivity index (χ4v) is 3.95. The van der Waals surface area contributed by atoms with Crippen molar-refractivity contribution in [2.45, 2.75) is 40.5 Å². The summed E-state index contributed by atoms with van der Waals surface area (Å²) in [4.78, 5) is 35.6. The average Bonchev–Trinajstić information content (AvgIpc) is 2.88. The molecule has 3 rings (SSSR count). The second kappa shape index (κ2) is 6.76. The highest BCUT2D eigenvalue weighted by atomic mass is 32.1. The van der Waals surface area contributed by atoms with Crippen LogP contribution in [-0.4, -0.2) is 20.9 Å². The molecule has 0 saturated heterocycles. The predicted octanol–water partition coefficient (Wildman–Crippen LogP) is 3.18. The third kappa shape index (κ3) is 3.76. The highest BCUT2D eigenvalue weighted by Gasteiger charge is 2.12. The lowest BCUT2D eigenvalue weighted by Gasteiger charge is -2.05. The van der Waals surface area contributed by atoms with Gasteiger partial charge in [0, 0.05) is 17.7 Å². The fraction of sp³-hybridized carbons (Fsp3) is 0.333. The Morgan fingerprint density at radius 2 is 1.96 bits per heavy atom. The Hall–Kier alpha value is -2.54. The normalized spacial score (nSPS) is 11.0. The molecular weight excluding hydrogens is 336 g/mol. The molecule has 130 valence electrons. The Morgan fingerprint density at radius 1 is 1.20 bits per heavy atom. The van der Waals surface area contributed by atoms with Crippen LogP contribution < -0.4 is 10.9 Å². The first kappa shape index (κ1) is 17.3. The second-order valence-corrected chi connectivity index (χ2v) is 7.24. The van der Waals surface area contributed by atoms with E-state index in [1.54, 1.807) is 13.8 Å². The van der Waals surface area contributed by atoms with E-state index in [-0.39, 0.29) is 17.9 Å². The molecule has 0 aliphatic carbocycles. The van der Waals surface area contributed by atoms with Crippen molar-refractivity contribution in [2.24, 2.45) is 0 Å². The minimum atomic E-state index is -0.177. The van der Waals surface area contributed by atoms with Crippen LogP contribution in [0, 0.1) is 27.7 Å². The third-order valence-electron chi connectivity index (χ3n) is 4.02. The lowest BCUT2D eigenvalue weighted by molar-refractivity contribution is -0.116. The maximum atomic E-state index is 12.2. The Labute approximate surface area is 149 Å². The van der Waals surface area contributed by atoms with Gasteiger partial charge in [0.15, 0.2) is 5.13 Å². The van der Waals surface area contributed by atoms with Crippen LogP contribution in [0.2, 0.25) is 0 Å². The zero-order chi connectivity index (χ0) is 18.1. The van der Waals surface area contributed by atoms with E-state index in [0.717, 1.165) is 15.8 Å². The topological polar surface area (TPSA) is 87.7 Å². The summed E-state index contributed by atoms with van der Waals surface area (Å²) < 4.78 is 1.06. The van der Waals surface area contributed by atoms with Crippen molar-refractivity contribution in [3.05, 3.63) is 50.7 Å². The van der Waals surface area contributed by atoms with Crippen LogP contribution in [0.15, 0.2) is 16.9 Å². The van der Waals surface area contributed by atoms with Crippen LogP contribution in [0.3, 0.4) is 0 Å². The van der Waals surface area contributed by atoms with Gasteiger partial charge in [-0.05, 0) is 51.3 Å². The molecule has 0 atom stereocenters. The van der Waals surface area contributed by atoms with Crippen molar-refractivity contribution in [1.29, 1.82) is 0 Å². The molecule has 0 spiro atoms. The van der Waals surface area contributed by atoms with Gasteiger partial charge in [-0.1, -0.05) is 17.4 Å². The van der Waals surface area contributed by atoms with Crippen LogP contribution in [-0.2, 0) is 11.2 Å². The number of nitrogens with zero attached hydrogens (tertiary/aromatic N) is 2. The molecule has 1 aromatic carbocycles. The van der Waals surface area contributed by atoms with Gasteiger partial charge in [0.2, 0.25) is 5.91 Å². The number of H-pyrrole nitrogens is 1. The number of carbonyl (C=O) groups excluding carboxylic acids is 1. The first-order chi connectivity index (χ1) is 11.8. The molecule has 2 N–H and O–H groups in total. The first-order valence-corrected chi connectivity index (χ1v) is 8.89. The molecule has 6 nitrogen and oxygen atoms in total. The van der Waals surface area contributed by atoms with Crippen molar-refractivity contribution >= 4 is 32.6 Å². The van der Waals surface area contributed by atoms with Gasteiger partial charge in [0.05, 0.1) is 10.2 Å². The molecule has 1 amide bonds. The van der Waals surface area contributed by atoms with E-state index < -0.39 is 0 Å². The van der Waals surface area contributed by atoms with Gasteiger partial charge in [-0.3, -0.25) is 9.59 Å². The molecule has 0 aliphatic rings. The number of thiazole rings is 1. The number of aromatic nitrogens is 3. The number of aromatic amines is 1. The Morgan fingerprint density at radius 3 is 2.68 bits per heavy atom. The minimum Gasteiger partial charge on any atom is -0.311 e. The number of benzene rings is 1. The van der Waals surface area contributed by atoms with E-state index in [2.05, 4.69) is 32.4 Å². The van der Waals surface area contributed by atoms with Crippen molar-refractivity contribution in [1.82, 2.24) is 15.0 Å². The number of fused-ring (bicyclic) bond motifs is 1. The van der Waals surface area contributed by atoms with E-state index in [4.69, 9.17) is 0 Å². The fourth-order valence-electron chi connectivity index (χ4n) is 2.89. The Kier molecular flexibility index (Phi) is 4.67. The minimum absolute atomic E-state index is 0.159. The predicted molar refractivity (Wildman–Crippen MR) is 100 cm³/mol. The van der Waals surface area contributed by atoms with E-state index in [1.165, 1.54) is 16.9 Å². The molecular formula is C18H20N4O2S. The zero-order valence-electron chi connectivity index (χ0n) is 14.7. The lowest BCUT2D eigenvalue weighted by Crippen LogP contribution is -2.20. The Balaban J connectivity index is 1.71. The lowest BCUT2D eigenvalue weighted by atomic mass is 10.1. The van der Waals surface area contributed by atoms with Crippen molar-refractivity contribution in [3.8, 4) is 0 Å². The second-order valence-electron chi connectivity index (χ2n) is 6.21. The quantitative estimate of drug-likeness (QED) is 0.751. The van der Waals surface area contributed by atoms with Gasteiger partial charge < -0.3 is 10.3 Å². The summed E-state index contributed by atoms with van der Waals surface area (Å²) in [5.74, 6) is 0.420. The summed E-state index contributed by atoms with van der Waals surface area (Å²) >= 11 is 1.46. The van der Waals surface area contributed by atoms with Crippen LogP contribution >= 0.6 is 11.3 Å². The number of anilines is 1. The number of carbonyl (C=O) groups is 1. The third-order valence-corrected chi connectivity index (χ3v) is 4.94. The molecule has 0 bridgehead atoms. The molecule has 0 fully saturated rings. The maximum absolute atomic E-state index is 12.2. The smallest absolute Gasteiger partial charge is 0.254 e. The number of aryl methyl sites for hydroxylation is 4. The van der Waals surface area contributed by atoms with Crippen LogP contribution in [0.1, 0.15) is 34.6 Å². The number of amides is 1. The summed E-state index contributed by atoms with van der Waals surface area (Å²) in [6.07, 6.45) is 0.561. The van der Waals surface area contributed by atoms with Crippen LogP contribution in [0.4, 0.5) is 5.13 Å². The Bertz CT molecular complexity index is 1020. The van der Waals surface area contributed by atoms with Gasteiger partial charge in [0.1, 0.15) is 5.82 Å². The molecule has 0 aliphatic heterocycles. The van der Waals surface area contributed by atoms with E-state index in [0.29, 0.717) is 28.6 Å². The molecule has 0 unspecified atom stereocenters. The van der Waals surface area contributed by atoms with Crippen molar-refractivity contribution in [3.63, 3.8) is 0 Å². The monoisotopic (exact) mass is 356 g/mol.